The molecule has 1 aromatic rings. The van der Waals surface area contributed by atoms with Crippen molar-refractivity contribution in [3.05, 3.63) is 18.5 Å². The van der Waals surface area contributed by atoms with Crippen LogP contribution in [0, 0.1) is 0 Å². The second-order valence-corrected chi connectivity index (χ2v) is 3.54. The van der Waals surface area contributed by atoms with Crippen LogP contribution in [0.15, 0.2) is 12.7 Å². The molecule has 0 spiro atoms. The van der Waals surface area contributed by atoms with Gasteiger partial charge in [0, 0.05) is 12.0 Å². The number of aromatic nitrogens is 3. The SMILES string of the molecule is CC(C)(N)CCc1ncncn1. The number of nitrogens with two attached hydrogens (primary N) is 1. The normalized spacial score (nSPS) is 11.6. The van der Waals surface area contributed by atoms with Gasteiger partial charge in [0.25, 0.3) is 0 Å². The van der Waals surface area contributed by atoms with Crippen molar-refractivity contribution in [2.75, 3.05) is 0 Å². The molecule has 0 aliphatic carbocycles. The quantitative estimate of drug-likeness (QED) is 0.711. The highest BCUT2D eigenvalue weighted by molar-refractivity contribution is 4.85. The molecule has 0 bridgehead atoms. The molecule has 12 heavy (non-hydrogen) atoms. The number of aryl methyl sites for hydroxylation is 1. The van der Waals surface area contributed by atoms with Crippen molar-refractivity contribution in [2.24, 2.45) is 5.73 Å². The highest BCUT2D eigenvalue weighted by Crippen LogP contribution is 2.06. The first-order chi connectivity index (χ1) is 5.58. The molecule has 0 amide bonds. The first kappa shape index (κ1) is 9.06. The van der Waals surface area contributed by atoms with Crippen molar-refractivity contribution >= 4 is 0 Å². The lowest BCUT2D eigenvalue weighted by Gasteiger charge is -2.16. The van der Waals surface area contributed by atoms with E-state index >= 15 is 0 Å². The predicted molar refractivity (Wildman–Crippen MR) is 46.4 cm³/mol. The summed E-state index contributed by atoms with van der Waals surface area (Å²) < 4.78 is 0. The van der Waals surface area contributed by atoms with E-state index in [0.717, 1.165) is 18.7 Å². The van der Waals surface area contributed by atoms with Gasteiger partial charge in [-0.1, -0.05) is 0 Å². The smallest absolute Gasteiger partial charge is 0.132 e. The molecule has 0 saturated heterocycles. The summed E-state index contributed by atoms with van der Waals surface area (Å²) in [6.07, 6.45) is 4.71. The Labute approximate surface area is 72.3 Å². The van der Waals surface area contributed by atoms with Crippen molar-refractivity contribution in [3.63, 3.8) is 0 Å². The molecule has 1 rings (SSSR count). The predicted octanol–water partition coefficient (Wildman–Crippen LogP) is 0.541. The van der Waals surface area contributed by atoms with Crippen LogP contribution in [0.3, 0.4) is 0 Å². The van der Waals surface area contributed by atoms with Crippen LogP contribution in [0.5, 0.6) is 0 Å². The molecule has 0 fully saturated rings. The maximum Gasteiger partial charge on any atom is 0.132 e. The molecule has 0 aliphatic heterocycles. The van der Waals surface area contributed by atoms with Gasteiger partial charge in [-0.25, -0.2) is 15.0 Å². The largest absolute Gasteiger partial charge is 0.326 e. The Balaban J connectivity index is 2.44. The summed E-state index contributed by atoms with van der Waals surface area (Å²) in [5, 5.41) is 0. The van der Waals surface area contributed by atoms with Crippen molar-refractivity contribution in [3.8, 4) is 0 Å². The molecular weight excluding hydrogens is 152 g/mol. The minimum atomic E-state index is -0.146. The lowest BCUT2D eigenvalue weighted by Crippen LogP contribution is -2.32. The minimum absolute atomic E-state index is 0.146. The standard InChI is InChI=1S/C8H14N4/c1-8(2,9)4-3-7-11-5-10-6-12-7/h5-6H,3-4,9H2,1-2H3. The average Bonchev–Trinajstić information content (AvgIpc) is 2.02. The van der Waals surface area contributed by atoms with E-state index in [9.17, 15) is 0 Å². The highest BCUT2D eigenvalue weighted by atomic mass is 15.0. The first-order valence-corrected chi connectivity index (χ1v) is 3.98. The van der Waals surface area contributed by atoms with E-state index in [0.29, 0.717) is 0 Å². The van der Waals surface area contributed by atoms with Gasteiger partial charge >= 0.3 is 0 Å². The van der Waals surface area contributed by atoms with Gasteiger partial charge in [0.1, 0.15) is 18.5 Å². The van der Waals surface area contributed by atoms with Crippen LogP contribution in [-0.4, -0.2) is 20.5 Å². The zero-order valence-corrected chi connectivity index (χ0v) is 7.49. The van der Waals surface area contributed by atoms with E-state index in [-0.39, 0.29) is 5.54 Å². The summed E-state index contributed by atoms with van der Waals surface area (Å²) in [7, 11) is 0. The molecule has 0 atom stereocenters. The summed E-state index contributed by atoms with van der Waals surface area (Å²) >= 11 is 0. The maximum atomic E-state index is 5.81. The summed E-state index contributed by atoms with van der Waals surface area (Å²) in [6.45, 7) is 3.99. The molecule has 0 aliphatic rings. The first-order valence-electron chi connectivity index (χ1n) is 3.98. The van der Waals surface area contributed by atoms with Crippen LogP contribution in [-0.2, 0) is 6.42 Å². The Morgan fingerprint density at radius 1 is 1.33 bits per heavy atom. The Kier molecular flexibility index (Phi) is 2.70. The fraction of sp³-hybridized carbons (Fsp3) is 0.625. The van der Waals surface area contributed by atoms with Crippen molar-refractivity contribution in [1.29, 1.82) is 0 Å². The third-order valence-electron chi connectivity index (χ3n) is 1.54. The van der Waals surface area contributed by atoms with Crippen LogP contribution in [0.4, 0.5) is 0 Å². The molecule has 2 N–H and O–H groups in total. The summed E-state index contributed by atoms with van der Waals surface area (Å²) in [5.41, 5.74) is 5.67. The van der Waals surface area contributed by atoms with E-state index in [4.69, 9.17) is 5.73 Å². The monoisotopic (exact) mass is 166 g/mol. The van der Waals surface area contributed by atoms with Gasteiger partial charge in [0.15, 0.2) is 0 Å². The Hall–Kier alpha value is -1.03. The van der Waals surface area contributed by atoms with E-state index in [1.165, 1.54) is 12.7 Å². The fourth-order valence-electron chi connectivity index (χ4n) is 0.826. The lowest BCUT2D eigenvalue weighted by molar-refractivity contribution is 0.470. The van der Waals surface area contributed by atoms with Crippen molar-refractivity contribution in [1.82, 2.24) is 15.0 Å². The number of hydrogen-bond acceptors (Lipinski definition) is 4. The van der Waals surface area contributed by atoms with Gasteiger partial charge < -0.3 is 5.73 Å². The molecule has 0 aromatic carbocycles. The third-order valence-corrected chi connectivity index (χ3v) is 1.54. The molecule has 0 radical (unpaired) electrons. The summed E-state index contributed by atoms with van der Waals surface area (Å²) in [6, 6.07) is 0. The summed E-state index contributed by atoms with van der Waals surface area (Å²) in [4.78, 5) is 11.7. The second-order valence-electron chi connectivity index (χ2n) is 3.54. The van der Waals surface area contributed by atoms with Crippen LogP contribution in [0.1, 0.15) is 26.1 Å². The molecule has 1 heterocycles. The van der Waals surface area contributed by atoms with Crippen molar-refractivity contribution in [2.45, 2.75) is 32.2 Å². The molecule has 4 heteroatoms. The van der Waals surface area contributed by atoms with E-state index in [1.54, 1.807) is 0 Å². The highest BCUT2D eigenvalue weighted by Gasteiger charge is 2.10. The Morgan fingerprint density at radius 2 is 1.92 bits per heavy atom. The van der Waals surface area contributed by atoms with Gasteiger partial charge in [0.05, 0.1) is 0 Å². The van der Waals surface area contributed by atoms with E-state index < -0.39 is 0 Å². The van der Waals surface area contributed by atoms with Crippen LogP contribution < -0.4 is 5.73 Å². The van der Waals surface area contributed by atoms with Crippen LogP contribution in [0.2, 0.25) is 0 Å². The zero-order valence-electron chi connectivity index (χ0n) is 7.49. The summed E-state index contributed by atoms with van der Waals surface area (Å²) in [5.74, 6) is 0.809. The molecule has 4 nitrogen and oxygen atoms in total. The fourth-order valence-corrected chi connectivity index (χ4v) is 0.826. The lowest BCUT2D eigenvalue weighted by atomic mass is 10.00. The Morgan fingerprint density at radius 3 is 2.42 bits per heavy atom. The zero-order chi connectivity index (χ0) is 9.03. The minimum Gasteiger partial charge on any atom is -0.326 e. The molecule has 0 unspecified atom stereocenters. The van der Waals surface area contributed by atoms with Gasteiger partial charge in [-0.15, -0.1) is 0 Å². The van der Waals surface area contributed by atoms with Gasteiger partial charge in [0.2, 0.25) is 0 Å². The second kappa shape index (κ2) is 3.58. The molecule has 0 saturated carbocycles. The van der Waals surface area contributed by atoms with Crippen LogP contribution >= 0.6 is 0 Å². The van der Waals surface area contributed by atoms with Gasteiger partial charge in [-0.2, -0.15) is 0 Å². The van der Waals surface area contributed by atoms with Crippen LogP contribution in [0.25, 0.3) is 0 Å². The van der Waals surface area contributed by atoms with E-state index in [1.807, 2.05) is 13.8 Å². The van der Waals surface area contributed by atoms with Gasteiger partial charge in [-0.05, 0) is 20.3 Å². The Bertz CT molecular complexity index is 227. The van der Waals surface area contributed by atoms with Crippen molar-refractivity contribution < 1.29 is 0 Å². The molecule has 66 valence electrons. The average molecular weight is 166 g/mol. The topological polar surface area (TPSA) is 64.7 Å². The van der Waals surface area contributed by atoms with E-state index in [2.05, 4.69) is 15.0 Å². The molecular formula is C8H14N4. The number of rotatable bonds is 3. The number of hydrogen-bond donors (Lipinski definition) is 1. The third kappa shape index (κ3) is 3.39. The number of nitrogens with zero attached hydrogens (tertiary/aromatic N) is 3. The maximum absolute atomic E-state index is 5.81. The van der Waals surface area contributed by atoms with Gasteiger partial charge in [-0.3, -0.25) is 0 Å². The molecule has 1 aromatic heterocycles.